The van der Waals surface area contributed by atoms with Gasteiger partial charge < -0.3 is 5.32 Å². The lowest BCUT2D eigenvalue weighted by Crippen LogP contribution is -2.33. The van der Waals surface area contributed by atoms with E-state index in [4.69, 9.17) is 11.6 Å². The summed E-state index contributed by atoms with van der Waals surface area (Å²) in [5.74, 6) is -1.65. The molecule has 2 rings (SSSR count). The van der Waals surface area contributed by atoms with E-state index in [2.05, 4.69) is 5.32 Å². The van der Waals surface area contributed by atoms with E-state index >= 15 is 0 Å². The average molecular weight is 515 g/mol. The first-order chi connectivity index (χ1) is 15.6. The molecule has 2 aromatic carbocycles. The zero-order valence-electron chi connectivity index (χ0n) is 19.0. The smallest absolute Gasteiger partial charge is 0.243 e. The van der Waals surface area contributed by atoms with Gasteiger partial charge in [-0.3, -0.25) is 4.79 Å². The van der Waals surface area contributed by atoms with E-state index in [0.717, 1.165) is 25.7 Å². The Kier molecular flexibility index (Phi) is 10.3. The van der Waals surface area contributed by atoms with Gasteiger partial charge in [-0.05, 0) is 54.8 Å². The minimum Gasteiger partial charge on any atom is -0.325 e. The van der Waals surface area contributed by atoms with Gasteiger partial charge in [-0.1, -0.05) is 50.4 Å². The van der Waals surface area contributed by atoms with Crippen molar-refractivity contribution in [1.82, 2.24) is 4.31 Å². The molecule has 0 saturated heterocycles. The zero-order valence-corrected chi connectivity index (χ0v) is 21.3. The standard InChI is InChI=1S/C23H31ClN2O5S2/c1-3-5-15-26(16-6-4-2)33(30,31)22-13-11-21(12-14-22)25-23(27)18-32(28,29)17-19-7-9-20(24)10-8-19/h7-14H,3-6,15-18H2,1-2H3,(H,25,27). The number of hydrogen-bond donors (Lipinski definition) is 1. The summed E-state index contributed by atoms with van der Waals surface area (Å²) in [5.41, 5.74) is 0.867. The van der Waals surface area contributed by atoms with Crippen LogP contribution in [0.1, 0.15) is 45.1 Å². The lowest BCUT2D eigenvalue weighted by atomic mass is 10.2. The number of halogens is 1. The molecule has 2 aromatic rings. The number of sulfonamides is 1. The summed E-state index contributed by atoms with van der Waals surface area (Å²) in [4.78, 5) is 12.4. The minimum absolute atomic E-state index is 0.142. The molecule has 0 spiro atoms. The van der Waals surface area contributed by atoms with Crippen LogP contribution in [0, 0.1) is 0 Å². The van der Waals surface area contributed by atoms with Crippen LogP contribution in [0.15, 0.2) is 53.4 Å². The largest absolute Gasteiger partial charge is 0.325 e. The van der Waals surface area contributed by atoms with E-state index in [9.17, 15) is 21.6 Å². The third-order valence-corrected chi connectivity index (χ3v) is 8.59. The second-order valence-corrected chi connectivity index (χ2v) is 12.3. The molecule has 0 radical (unpaired) electrons. The first-order valence-corrected chi connectivity index (χ1v) is 14.6. The first-order valence-electron chi connectivity index (χ1n) is 10.9. The Labute approximate surface area is 202 Å². The molecule has 10 heteroatoms. The van der Waals surface area contributed by atoms with Crippen molar-refractivity contribution in [2.45, 2.75) is 50.2 Å². The highest BCUT2D eigenvalue weighted by Gasteiger charge is 2.24. The van der Waals surface area contributed by atoms with Crippen LogP contribution in [0.4, 0.5) is 5.69 Å². The van der Waals surface area contributed by atoms with Gasteiger partial charge in [-0.25, -0.2) is 16.8 Å². The second-order valence-electron chi connectivity index (χ2n) is 7.84. The van der Waals surface area contributed by atoms with Gasteiger partial charge in [0.05, 0.1) is 10.6 Å². The van der Waals surface area contributed by atoms with Crippen molar-refractivity contribution >= 4 is 43.1 Å². The summed E-state index contributed by atoms with van der Waals surface area (Å²) in [7, 11) is -7.33. The highest BCUT2D eigenvalue weighted by atomic mass is 35.5. The number of carbonyl (C=O) groups is 1. The Bertz CT molecular complexity index is 1110. The molecule has 33 heavy (non-hydrogen) atoms. The highest BCUT2D eigenvalue weighted by Crippen LogP contribution is 2.20. The number of carbonyl (C=O) groups excluding carboxylic acids is 1. The van der Waals surface area contributed by atoms with E-state index < -0.39 is 31.5 Å². The van der Waals surface area contributed by atoms with E-state index in [1.54, 1.807) is 24.3 Å². The van der Waals surface area contributed by atoms with Crippen LogP contribution in [-0.2, 0) is 30.4 Å². The van der Waals surface area contributed by atoms with Crippen LogP contribution < -0.4 is 5.32 Å². The van der Waals surface area contributed by atoms with Gasteiger partial charge in [0.2, 0.25) is 15.9 Å². The first kappa shape index (κ1) is 27.3. The van der Waals surface area contributed by atoms with Gasteiger partial charge in [0, 0.05) is 23.8 Å². The van der Waals surface area contributed by atoms with Gasteiger partial charge in [0.25, 0.3) is 0 Å². The molecule has 1 amide bonds. The summed E-state index contributed by atoms with van der Waals surface area (Å²) in [6, 6.07) is 12.2. The fraction of sp³-hybridized carbons (Fsp3) is 0.435. The van der Waals surface area contributed by atoms with Crippen LogP contribution in [-0.4, -0.2) is 45.9 Å². The van der Waals surface area contributed by atoms with E-state index in [1.807, 2.05) is 13.8 Å². The third kappa shape index (κ3) is 8.73. The molecule has 0 aliphatic rings. The van der Waals surface area contributed by atoms with Crippen molar-refractivity contribution in [2.75, 3.05) is 24.2 Å². The monoisotopic (exact) mass is 514 g/mol. The van der Waals surface area contributed by atoms with Crippen molar-refractivity contribution in [1.29, 1.82) is 0 Å². The number of rotatable bonds is 13. The molecule has 0 fully saturated rings. The van der Waals surface area contributed by atoms with Gasteiger partial charge in [-0.2, -0.15) is 4.31 Å². The number of nitrogens with one attached hydrogen (secondary N) is 1. The van der Waals surface area contributed by atoms with Crippen molar-refractivity contribution in [3.8, 4) is 0 Å². The van der Waals surface area contributed by atoms with Crippen LogP contribution in [0.5, 0.6) is 0 Å². The average Bonchev–Trinajstić information content (AvgIpc) is 2.75. The predicted molar refractivity (Wildman–Crippen MR) is 133 cm³/mol. The van der Waals surface area contributed by atoms with E-state index in [-0.39, 0.29) is 10.6 Å². The van der Waals surface area contributed by atoms with Crippen molar-refractivity contribution in [2.24, 2.45) is 0 Å². The second kappa shape index (κ2) is 12.5. The fourth-order valence-corrected chi connectivity index (χ4v) is 6.08. The van der Waals surface area contributed by atoms with Gasteiger partial charge in [-0.15, -0.1) is 0 Å². The fourth-order valence-electron chi connectivity index (χ4n) is 3.16. The molecular weight excluding hydrogens is 484 g/mol. The summed E-state index contributed by atoms with van der Waals surface area (Å²) >= 11 is 5.80. The number of unbranched alkanes of at least 4 members (excludes halogenated alkanes) is 2. The Hall–Kier alpha value is -1.94. The Balaban J connectivity index is 2.03. The van der Waals surface area contributed by atoms with Crippen LogP contribution in [0.3, 0.4) is 0 Å². The maximum absolute atomic E-state index is 13.0. The van der Waals surface area contributed by atoms with Crippen LogP contribution >= 0.6 is 11.6 Å². The van der Waals surface area contributed by atoms with E-state index in [1.165, 1.54) is 28.6 Å². The summed E-state index contributed by atoms with van der Waals surface area (Å²) in [6.45, 7) is 4.95. The maximum atomic E-state index is 13.0. The quantitative estimate of drug-likeness (QED) is 0.424. The van der Waals surface area contributed by atoms with Crippen molar-refractivity contribution in [3.63, 3.8) is 0 Å². The van der Waals surface area contributed by atoms with Gasteiger partial charge >= 0.3 is 0 Å². The maximum Gasteiger partial charge on any atom is 0.243 e. The number of benzene rings is 2. The molecule has 0 aliphatic carbocycles. The Morgan fingerprint density at radius 2 is 1.42 bits per heavy atom. The molecule has 0 atom stereocenters. The molecule has 0 bridgehead atoms. The van der Waals surface area contributed by atoms with E-state index in [0.29, 0.717) is 29.4 Å². The lowest BCUT2D eigenvalue weighted by Gasteiger charge is -2.22. The lowest BCUT2D eigenvalue weighted by molar-refractivity contribution is -0.113. The minimum atomic E-state index is -3.68. The van der Waals surface area contributed by atoms with Crippen molar-refractivity contribution in [3.05, 3.63) is 59.1 Å². The Morgan fingerprint density at radius 1 is 0.879 bits per heavy atom. The SMILES string of the molecule is CCCCN(CCCC)S(=O)(=O)c1ccc(NC(=O)CS(=O)(=O)Cc2ccc(Cl)cc2)cc1. The van der Waals surface area contributed by atoms with Gasteiger partial charge in [0.15, 0.2) is 9.84 Å². The molecule has 0 aromatic heterocycles. The van der Waals surface area contributed by atoms with Crippen molar-refractivity contribution < 1.29 is 21.6 Å². The number of nitrogens with zero attached hydrogens (tertiary/aromatic N) is 1. The molecule has 1 N–H and O–H groups in total. The van der Waals surface area contributed by atoms with Gasteiger partial charge in [0.1, 0.15) is 5.75 Å². The molecule has 7 nitrogen and oxygen atoms in total. The van der Waals surface area contributed by atoms with Crippen LogP contribution in [0.25, 0.3) is 0 Å². The summed E-state index contributed by atoms with van der Waals surface area (Å²) < 4.78 is 52.2. The molecular formula is C23H31ClN2O5S2. The number of hydrogen-bond acceptors (Lipinski definition) is 5. The summed E-state index contributed by atoms with van der Waals surface area (Å²) in [5, 5.41) is 3.02. The molecule has 0 unspecified atom stereocenters. The topological polar surface area (TPSA) is 101 Å². The molecule has 0 aliphatic heterocycles. The molecule has 0 saturated carbocycles. The molecule has 182 valence electrons. The van der Waals surface area contributed by atoms with Crippen LogP contribution in [0.2, 0.25) is 5.02 Å². The third-order valence-electron chi connectivity index (χ3n) is 4.95. The Morgan fingerprint density at radius 3 is 1.94 bits per heavy atom. The molecule has 0 heterocycles. The summed E-state index contributed by atoms with van der Waals surface area (Å²) in [6.07, 6.45) is 3.34. The number of anilines is 1. The normalized spacial score (nSPS) is 12.1. The predicted octanol–water partition coefficient (Wildman–Crippen LogP) is 4.48. The zero-order chi connectivity index (χ0) is 24.5. The number of sulfone groups is 1. The number of amides is 1. The highest BCUT2D eigenvalue weighted by molar-refractivity contribution is 7.91.